The van der Waals surface area contributed by atoms with Crippen LogP contribution in [0.1, 0.15) is 43.0 Å². The highest BCUT2D eigenvalue weighted by Gasteiger charge is 2.28. The van der Waals surface area contributed by atoms with Crippen molar-refractivity contribution in [1.82, 2.24) is 35.4 Å². The van der Waals surface area contributed by atoms with E-state index >= 15 is 0 Å². The van der Waals surface area contributed by atoms with Gasteiger partial charge in [0.2, 0.25) is 6.41 Å². The molecule has 210 valence electrons. The second-order valence-corrected chi connectivity index (χ2v) is 9.90. The average molecular weight is 574 g/mol. The Morgan fingerprint density at radius 1 is 1.22 bits per heavy atom. The number of rotatable bonds is 10. The van der Waals surface area contributed by atoms with E-state index in [1.165, 1.54) is 11.2 Å². The van der Waals surface area contributed by atoms with E-state index in [0.717, 1.165) is 29.7 Å². The summed E-state index contributed by atoms with van der Waals surface area (Å²) < 4.78 is 5.51. The van der Waals surface area contributed by atoms with Gasteiger partial charge in [-0.25, -0.2) is 14.8 Å². The van der Waals surface area contributed by atoms with E-state index in [4.69, 9.17) is 22.1 Å². The number of aliphatic imine (C=N–C) groups is 1. The van der Waals surface area contributed by atoms with Gasteiger partial charge in [0.1, 0.15) is 12.9 Å². The molecule has 4 aromatic rings. The number of hydrogen-bond donors (Lipinski definition) is 3. The zero-order valence-corrected chi connectivity index (χ0v) is 22.9. The first kappa shape index (κ1) is 27.7. The SMILES string of the molecule is CC(N=C(N)N(C=O)C(COC(=O)NC1CC1)c1ccc(Cl)c(-c2ncn[nH]2)c1)c1ccc(-c2cnccn2)cc1. The van der Waals surface area contributed by atoms with E-state index in [0.29, 0.717) is 28.4 Å². The molecular formula is C28H28ClN9O3. The van der Waals surface area contributed by atoms with Gasteiger partial charge in [-0.3, -0.25) is 24.8 Å². The zero-order valence-electron chi connectivity index (χ0n) is 22.1. The van der Waals surface area contributed by atoms with Crippen molar-refractivity contribution in [1.29, 1.82) is 0 Å². The summed E-state index contributed by atoms with van der Waals surface area (Å²) in [4.78, 5) is 43.2. The van der Waals surface area contributed by atoms with E-state index in [-0.39, 0.29) is 24.7 Å². The number of carbonyl (C=O) groups is 2. The van der Waals surface area contributed by atoms with Gasteiger partial charge in [0.05, 0.1) is 29.0 Å². The summed E-state index contributed by atoms with van der Waals surface area (Å²) in [6.45, 7) is 1.69. The standard InChI is InChI=1S/C28H28ClN9O3/c1-17(18-2-4-19(5-3-18)24-13-31-10-11-32-24)35-27(30)38(16-39)25(14-41-28(40)36-21-7-8-21)20-6-9-23(29)22(12-20)26-33-15-34-37-26/h2-6,9-13,15-17,21,25H,7-8,14H2,1H3,(H2,30,35)(H,36,40)(H,33,34,37). The molecule has 1 saturated carbocycles. The predicted octanol–water partition coefficient (Wildman–Crippen LogP) is 4.05. The molecule has 4 N–H and O–H groups in total. The summed E-state index contributed by atoms with van der Waals surface area (Å²) in [6.07, 6.45) is 8.13. The van der Waals surface area contributed by atoms with Crippen LogP contribution in [0.15, 0.2) is 72.4 Å². The zero-order chi connectivity index (χ0) is 28.8. The largest absolute Gasteiger partial charge is 0.447 e. The lowest BCUT2D eigenvalue weighted by atomic mass is 10.0. The molecular weight excluding hydrogens is 546 g/mol. The van der Waals surface area contributed by atoms with Crippen LogP contribution in [0.3, 0.4) is 0 Å². The molecule has 2 amide bonds. The molecule has 0 spiro atoms. The number of nitrogens with two attached hydrogens (primary N) is 1. The van der Waals surface area contributed by atoms with Crippen molar-refractivity contribution in [2.75, 3.05) is 6.61 Å². The molecule has 0 aliphatic heterocycles. The van der Waals surface area contributed by atoms with Crippen molar-refractivity contribution in [2.45, 2.75) is 37.9 Å². The first-order chi connectivity index (χ1) is 19.9. The van der Waals surface area contributed by atoms with Gasteiger partial charge in [-0.1, -0.05) is 41.9 Å². The maximum Gasteiger partial charge on any atom is 0.407 e. The number of amides is 2. The summed E-state index contributed by atoms with van der Waals surface area (Å²) in [5, 5.41) is 9.87. The number of nitrogens with zero attached hydrogens (tertiary/aromatic N) is 6. The van der Waals surface area contributed by atoms with Crippen LogP contribution in [0.5, 0.6) is 0 Å². The second kappa shape index (κ2) is 12.6. The van der Waals surface area contributed by atoms with Crippen LogP contribution in [-0.2, 0) is 9.53 Å². The van der Waals surface area contributed by atoms with Crippen molar-refractivity contribution in [3.63, 3.8) is 0 Å². The Bertz CT molecular complexity index is 1510. The van der Waals surface area contributed by atoms with Crippen molar-refractivity contribution < 1.29 is 14.3 Å². The van der Waals surface area contributed by atoms with E-state index in [2.05, 4.69) is 35.5 Å². The van der Waals surface area contributed by atoms with E-state index in [9.17, 15) is 9.59 Å². The lowest BCUT2D eigenvalue weighted by molar-refractivity contribution is -0.117. The Morgan fingerprint density at radius 2 is 2.00 bits per heavy atom. The minimum absolute atomic E-state index is 0.0436. The molecule has 0 saturated heterocycles. The first-order valence-corrected chi connectivity index (χ1v) is 13.3. The number of benzene rings is 2. The van der Waals surface area contributed by atoms with Crippen molar-refractivity contribution >= 4 is 30.1 Å². The van der Waals surface area contributed by atoms with Crippen molar-refractivity contribution in [3.8, 4) is 22.6 Å². The Balaban J connectivity index is 1.40. The number of H-pyrrole nitrogens is 1. The topological polar surface area (TPSA) is 164 Å². The monoisotopic (exact) mass is 573 g/mol. The number of nitrogens with one attached hydrogen (secondary N) is 2. The van der Waals surface area contributed by atoms with Gasteiger partial charge in [0.15, 0.2) is 11.8 Å². The molecule has 0 radical (unpaired) electrons. The van der Waals surface area contributed by atoms with Gasteiger partial charge >= 0.3 is 6.09 Å². The Labute approximate surface area is 241 Å². The fourth-order valence-corrected chi connectivity index (χ4v) is 4.41. The fourth-order valence-electron chi connectivity index (χ4n) is 4.20. The van der Waals surface area contributed by atoms with E-state index in [1.807, 2.05) is 31.2 Å². The van der Waals surface area contributed by atoms with Crippen LogP contribution in [0.25, 0.3) is 22.6 Å². The Hall–Kier alpha value is -4.84. The summed E-state index contributed by atoms with van der Waals surface area (Å²) in [6, 6.07) is 11.8. The number of carbonyl (C=O) groups excluding carboxylic acids is 2. The highest BCUT2D eigenvalue weighted by atomic mass is 35.5. The van der Waals surface area contributed by atoms with Crippen LogP contribution >= 0.6 is 11.6 Å². The lowest BCUT2D eigenvalue weighted by Crippen LogP contribution is -2.42. The molecule has 1 aliphatic rings. The molecule has 2 aromatic heterocycles. The van der Waals surface area contributed by atoms with Gasteiger partial charge in [0.25, 0.3) is 0 Å². The molecule has 1 aliphatic carbocycles. The molecule has 1 fully saturated rings. The third-order valence-corrected chi connectivity index (χ3v) is 6.94. The number of guanidine groups is 1. The lowest BCUT2D eigenvalue weighted by Gasteiger charge is -2.28. The van der Waals surface area contributed by atoms with Crippen LogP contribution in [0.2, 0.25) is 5.02 Å². The summed E-state index contributed by atoms with van der Waals surface area (Å²) in [5.41, 5.74) is 10.1. The Kier molecular flexibility index (Phi) is 8.49. The average Bonchev–Trinajstić information content (AvgIpc) is 3.63. The number of hydrogen-bond acceptors (Lipinski definition) is 8. The van der Waals surface area contributed by atoms with Crippen LogP contribution in [-0.4, -0.2) is 61.2 Å². The maximum atomic E-state index is 12.4. The van der Waals surface area contributed by atoms with E-state index in [1.54, 1.807) is 36.8 Å². The molecule has 2 heterocycles. The van der Waals surface area contributed by atoms with Gasteiger partial charge in [0, 0.05) is 29.6 Å². The minimum Gasteiger partial charge on any atom is -0.447 e. The first-order valence-electron chi connectivity index (χ1n) is 12.9. The minimum atomic E-state index is -0.800. The normalized spacial score (nSPS) is 14.6. The fraction of sp³-hybridized carbons (Fsp3) is 0.250. The highest BCUT2D eigenvalue weighted by Crippen LogP contribution is 2.31. The number of aromatic nitrogens is 5. The third kappa shape index (κ3) is 6.84. The van der Waals surface area contributed by atoms with Crippen molar-refractivity contribution in [2.24, 2.45) is 10.7 Å². The van der Waals surface area contributed by atoms with Crippen LogP contribution in [0, 0.1) is 0 Å². The third-order valence-electron chi connectivity index (χ3n) is 6.61. The summed E-state index contributed by atoms with van der Waals surface area (Å²) in [7, 11) is 0. The highest BCUT2D eigenvalue weighted by molar-refractivity contribution is 6.33. The van der Waals surface area contributed by atoms with Crippen molar-refractivity contribution in [3.05, 3.63) is 83.5 Å². The number of halogens is 1. The quantitative estimate of drug-likeness (QED) is 0.145. The smallest absolute Gasteiger partial charge is 0.407 e. The molecule has 5 rings (SSSR count). The molecule has 13 heteroatoms. The second-order valence-electron chi connectivity index (χ2n) is 9.49. The molecule has 2 atom stereocenters. The van der Waals surface area contributed by atoms with Gasteiger partial charge < -0.3 is 15.8 Å². The van der Waals surface area contributed by atoms with E-state index < -0.39 is 12.1 Å². The molecule has 41 heavy (non-hydrogen) atoms. The number of ether oxygens (including phenoxy) is 1. The molecule has 2 aromatic carbocycles. The predicted molar refractivity (Wildman–Crippen MR) is 152 cm³/mol. The van der Waals surface area contributed by atoms with Gasteiger partial charge in [-0.2, -0.15) is 5.10 Å². The van der Waals surface area contributed by atoms with Gasteiger partial charge in [-0.15, -0.1) is 0 Å². The Morgan fingerprint density at radius 3 is 2.66 bits per heavy atom. The number of aromatic amines is 1. The molecule has 0 bridgehead atoms. The molecule has 12 nitrogen and oxygen atoms in total. The summed E-state index contributed by atoms with van der Waals surface area (Å²) >= 11 is 6.42. The van der Waals surface area contributed by atoms with Crippen LogP contribution < -0.4 is 11.1 Å². The number of alkyl carbamates (subject to hydrolysis) is 1. The molecule has 2 unspecified atom stereocenters. The van der Waals surface area contributed by atoms with Gasteiger partial charge in [-0.05, 0) is 43.0 Å². The maximum absolute atomic E-state index is 12.4. The van der Waals surface area contributed by atoms with Crippen LogP contribution in [0.4, 0.5) is 4.79 Å². The summed E-state index contributed by atoms with van der Waals surface area (Å²) in [5.74, 6) is 0.402.